The molecular formula is C30H25BrNOP. The highest BCUT2D eigenvalue weighted by Crippen LogP contribution is 2.66. The molecule has 0 amide bonds. The third-order valence-corrected chi connectivity index (χ3v) is 10.2. The molecule has 0 spiro atoms. The molecule has 0 bridgehead atoms. The van der Waals surface area contributed by atoms with Gasteiger partial charge in [-0.2, -0.15) is 0 Å². The highest BCUT2D eigenvalue weighted by atomic mass is 79.9. The van der Waals surface area contributed by atoms with Crippen LogP contribution in [0, 0.1) is 0 Å². The maximum absolute atomic E-state index is 6.92. The van der Waals surface area contributed by atoms with Crippen LogP contribution in [-0.4, -0.2) is 4.98 Å². The second-order valence-corrected chi connectivity index (χ2v) is 11.2. The van der Waals surface area contributed by atoms with E-state index in [-0.39, 0.29) is 22.8 Å². The molecule has 0 saturated heterocycles. The fourth-order valence-electron chi connectivity index (χ4n) is 4.33. The van der Waals surface area contributed by atoms with Gasteiger partial charge in [-0.15, -0.1) is 0 Å². The van der Waals surface area contributed by atoms with Gasteiger partial charge in [0.25, 0.3) is 5.85 Å². The molecule has 0 aliphatic rings. The van der Waals surface area contributed by atoms with Crippen molar-refractivity contribution >= 4 is 23.2 Å². The number of ether oxygens (including phenoxy) is 1. The predicted octanol–water partition coefficient (Wildman–Crippen LogP) is 3.16. The van der Waals surface area contributed by atoms with Crippen LogP contribution in [0.3, 0.4) is 0 Å². The first-order chi connectivity index (χ1) is 16.4. The number of hydrogen-bond acceptors (Lipinski definition) is 2. The van der Waals surface area contributed by atoms with Gasteiger partial charge < -0.3 is 21.7 Å². The van der Waals surface area contributed by atoms with Gasteiger partial charge >= 0.3 is 0 Å². The smallest absolute Gasteiger partial charge is 0.261 e. The van der Waals surface area contributed by atoms with Crippen LogP contribution < -0.4 is 37.6 Å². The van der Waals surface area contributed by atoms with Gasteiger partial charge in [-0.25, -0.2) is 0 Å². The van der Waals surface area contributed by atoms with E-state index < -0.39 is 7.26 Å². The summed E-state index contributed by atoms with van der Waals surface area (Å²) < 4.78 is 6.92. The van der Waals surface area contributed by atoms with Gasteiger partial charge in [0.2, 0.25) is 0 Å². The average Bonchev–Trinajstić information content (AvgIpc) is 2.91. The molecule has 0 aliphatic carbocycles. The molecule has 0 fully saturated rings. The Hall–Kier alpha value is -3.26. The molecule has 0 N–H and O–H groups in total. The van der Waals surface area contributed by atoms with Crippen molar-refractivity contribution in [3.63, 3.8) is 0 Å². The molecule has 0 radical (unpaired) electrons. The summed E-state index contributed by atoms with van der Waals surface area (Å²) in [4.78, 5) is 4.82. The summed E-state index contributed by atoms with van der Waals surface area (Å²) in [5, 5.41) is 3.77. The normalized spacial score (nSPS) is 11.8. The summed E-state index contributed by atoms with van der Waals surface area (Å²) >= 11 is 0. The molecule has 5 rings (SSSR count). The predicted molar refractivity (Wildman–Crippen MR) is 139 cm³/mol. The van der Waals surface area contributed by atoms with Gasteiger partial charge in [0.05, 0.1) is 0 Å². The zero-order valence-electron chi connectivity index (χ0n) is 18.6. The van der Waals surface area contributed by atoms with Crippen LogP contribution in [0.1, 0.15) is 11.5 Å². The molecule has 1 unspecified atom stereocenters. The van der Waals surface area contributed by atoms with E-state index in [1.54, 1.807) is 0 Å². The minimum Gasteiger partial charge on any atom is -1.00 e. The molecular weight excluding hydrogens is 501 g/mol. The van der Waals surface area contributed by atoms with E-state index in [1.165, 1.54) is 15.9 Å². The monoisotopic (exact) mass is 525 g/mol. The van der Waals surface area contributed by atoms with E-state index in [2.05, 4.69) is 97.1 Å². The lowest BCUT2D eigenvalue weighted by atomic mass is 10.3. The zero-order valence-corrected chi connectivity index (χ0v) is 21.1. The molecule has 5 aromatic rings. The van der Waals surface area contributed by atoms with Crippen molar-refractivity contribution in [1.29, 1.82) is 0 Å². The molecule has 4 aromatic carbocycles. The van der Waals surface area contributed by atoms with Crippen LogP contribution in [0.25, 0.3) is 0 Å². The molecule has 1 aromatic heterocycles. The fraction of sp³-hybridized carbons (Fsp3) is 0.0333. The number of rotatable bonds is 7. The molecule has 1 atom stereocenters. The first-order valence-electron chi connectivity index (χ1n) is 11.1. The minimum atomic E-state index is -2.34. The Labute approximate surface area is 212 Å². The lowest BCUT2D eigenvalue weighted by molar-refractivity contribution is -0.00000681. The topological polar surface area (TPSA) is 22.1 Å². The van der Waals surface area contributed by atoms with Crippen LogP contribution in [-0.2, 0) is 0 Å². The van der Waals surface area contributed by atoms with Gasteiger partial charge in [-0.1, -0.05) is 78.9 Å². The second-order valence-electron chi connectivity index (χ2n) is 7.77. The Kier molecular flexibility index (Phi) is 7.90. The third-order valence-electron chi connectivity index (χ3n) is 5.77. The number of para-hydroxylation sites is 1. The van der Waals surface area contributed by atoms with E-state index in [0.29, 0.717) is 0 Å². The van der Waals surface area contributed by atoms with E-state index >= 15 is 0 Å². The van der Waals surface area contributed by atoms with Crippen LogP contribution in [0.2, 0.25) is 0 Å². The molecule has 0 saturated carbocycles. The number of nitrogens with zero attached hydrogens (tertiary/aromatic N) is 1. The Morgan fingerprint density at radius 1 is 0.500 bits per heavy atom. The van der Waals surface area contributed by atoms with Gasteiger partial charge in [0.15, 0.2) is 7.26 Å². The number of pyridine rings is 1. The number of halogens is 1. The van der Waals surface area contributed by atoms with Crippen molar-refractivity contribution in [2.75, 3.05) is 0 Å². The van der Waals surface area contributed by atoms with Crippen molar-refractivity contribution < 1.29 is 21.7 Å². The van der Waals surface area contributed by atoms with Gasteiger partial charge in [0, 0.05) is 6.20 Å². The van der Waals surface area contributed by atoms with E-state index in [1.807, 2.05) is 48.7 Å². The SMILES string of the molecule is [Br-].c1ccc(OC(c2ccccn2)[P+](c2ccccc2)(c2ccccc2)c2ccccc2)cc1. The van der Waals surface area contributed by atoms with Crippen LogP contribution in [0.5, 0.6) is 5.75 Å². The molecule has 168 valence electrons. The molecule has 2 nitrogen and oxygen atoms in total. The van der Waals surface area contributed by atoms with E-state index in [4.69, 9.17) is 9.72 Å². The van der Waals surface area contributed by atoms with Crippen molar-refractivity contribution in [2.45, 2.75) is 5.85 Å². The maximum Gasteiger partial charge on any atom is 0.261 e. The van der Waals surface area contributed by atoms with Crippen LogP contribution in [0.15, 0.2) is 146 Å². The van der Waals surface area contributed by atoms with Gasteiger partial charge in [0.1, 0.15) is 27.4 Å². The fourth-order valence-corrected chi connectivity index (χ4v) is 8.79. The van der Waals surface area contributed by atoms with E-state index in [9.17, 15) is 0 Å². The van der Waals surface area contributed by atoms with Crippen LogP contribution in [0.4, 0.5) is 0 Å². The standard InChI is InChI=1S/C30H25NOP.BrH/c1-5-15-25(16-6-1)32-30(29-23-13-14-24-31-29)33(26-17-7-2-8-18-26,27-19-9-3-10-20-27)28-21-11-4-12-22-28;/h1-24,30H;1H/q+1;/p-1. The molecule has 0 aliphatic heterocycles. The summed E-state index contributed by atoms with van der Waals surface area (Å²) in [5.74, 6) is 0.536. The van der Waals surface area contributed by atoms with Crippen molar-refractivity contribution in [3.05, 3.63) is 151 Å². The Balaban J connectivity index is 0.00000274. The Bertz CT molecular complexity index is 1170. The van der Waals surface area contributed by atoms with Gasteiger partial charge in [-0.05, 0) is 60.7 Å². The number of benzene rings is 4. The first-order valence-corrected chi connectivity index (χ1v) is 12.9. The van der Waals surface area contributed by atoms with E-state index in [0.717, 1.165) is 11.4 Å². The lowest BCUT2D eigenvalue weighted by Crippen LogP contribution is -3.00. The Morgan fingerprint density at radius 3 is 1.32 bits per heavy atom. The van der Waals surface area contributed by atoms with Crippen molar-refractivity contribution in [3.8, 4) is 5.75 Å². The molecule has 34 heavy (non-hydrogen) atoms. The zero-order chi connectivity index (χ0) is 22.3. The van der Waals surface area contributed by atoms with Crippen LogP contribution >= 0.6 is 7.26 Å². The maximum atomic E-state index is 6.92. The Morgan fingerprint density at radius 2 is 0.912 bits per heavy atom. The second kappa shape index (κ2) is 11.2. The van der Waals surface area contributed by atoms with Crippen molar-refractivity contribution in [2.24, 2.45) is 0 Å². The summed E-state index contributed by atoms with van der Waals surface area (Å²) in [6.07, 6.45) is 1.85. The lowest BCUT2D eigenvalue weighted by Gasteiger charge is -2.34. The van der Waals surface area contributed by atoms with Crippen molar-refractivity contribution in [1.82, 2.24) is 4.98 Å². The highest BCUT2D eigenvalue weighted by molar-refractivity contribution is 7.95. The summed E-state index contributed by atoms with van der Waals surface area (Å²) in [6.45, 7) is 0. The van der Waals surface area contributed by atoms with Gasteiger partial charge in [-0.3, -0.25) is 4.98 Å². The largest absolute Gasteiger partial charge is 1.00 e. The number of hydrogen-bond donors (Lipinski definition) is 0. The first kappa shape index (κ1) is 23.9. The summed E-state index contributed by atoms with van der Waals surface area (Å²) in [6, 6.07) is 48.5. The minimum absolute atomic E-state index is 0. The highest BCUT2D eigenvalue weighted by Gasteiger charge is 2.55. The molecule has 4 heteroatoms. The third kappa shape index (κ3) is 4.68. The average molecular weight is 526 g/mol. The molecule has 1 heterocycles. The summed E-state index contributed by atoms with van der Waals surface area (Å²) in [5.41, 5.74) is 0.922. The summed E-state index contributed by atoms with van der Waals surface area (Å²) in [7, 11) is -2.34. The quantitative estimate of drug-likeness (QED) is 0.304. The number of aromatic nitrogens is 1.